The highest BCUT2D eigenvalue weighted by Crippen LogP contribution is 2.28. The van der Waals surface area contributed by atoms with Gasteiger partial charge in [-0.1, -0.05) is 23.2 Å². The van der Waals surface area contributed by atoms with E-state index in [0.29, 0.717) is 11.4 Å². The molecule has 5 nitrogen and oxygen atoms in total. The highest BCUT2D eigenvalue weighted by atomic mass is 35.5. The maximum atomic E-state index is 5.85. The average molecular weight is 230 g/mol. The molecule has 72 valence electrons. The Bertz CT molecular complexity index is 447. The molecule has 0 aliphatic heterocycles. The maximum absolute atomic E-state index is 5.85. The number of halogens is 2. The fourth-order valence-electron chi connectivity index (χ4n) is 0.983. The van der Waals surface area contributed by atoms with Gasteiger partial charge in [0.15, 0.2) is 5.82 Å². The van der Waals surface area contributed by atoms with Crippen molar-refractivity contribution < 1.29 is 0 Å². The molecule has 0 aliphatic carbocycles. The summed E-state index contributed by atoms with van der Waals surface area (Å²) in [6, 6.07) is 0. The molecule has 0 spiro atoms. The summed E-state index contributed by atoms with van der Waals surface area (Å²) in [5.41, 5.74) is 0.455. The Labute approximate surface area is 89.7 Å². The van der Waals surface area contributed by atoms with E-state index in [1.54, 1.807) is 18.1 Å². The molecular formula is C7H5Cl2N5. The minimum atomic E-state index is 0.246. The second-order valence-corrected chi connectivity index (χ2v) is 3.29. The molecule has 0 fully saturated rings. The lowest BCUT2D eigenvalue weighted by Crippen LogP contribution is -1.92. The molecule has 0 aromatic carbocycles. The van der Waals surface area contributed by atoms with E-state index in [0.717, 1.165) is 0 Å². The molecule has 0 bridgehead atoms. The van der Waals surface area contributed by atoms with Crippen LogP contribution in [0.4, 0.5) is 0 Å². The van der Waals surface area contributed by atoms with Gasteiger partial charge in [-0.3, -0.25) is 4.68 Å². The van der Waals surface area contributed by atoms with Crippen molar-refractivity contribution in [1.82, 2.24) is 24.7 Å². The van der Waals surface area contributed by atoms with Crippen molar-refractivity contribution in [1.29, 1.82) is 0 Å². The lowest BCUT2D eigenvalue weighted by molar-refractivity contribution is 0.768. The molecule has 0 unspecified atom stereocenters. The van der Waals surface area contributed by atoms with Crippen molar-refractivity contribution in [3.05, 3.63) is 23.0 Å². The number of aromatic nitrogens is 5. The molecule has 0 atom stereocenters. The van der Waals surface area contributed by atoms with Crippen LogP contribution >= 0.6 is 23.2 Å². The Kier molecular flexibility index (Phi) is 2.35. The molecule has 7 heteroatoms. The minimum Gasteiger partial charge on any atom is -0.255 e. The van der Waals surface area contributed by atoms with E-state index in [1.807, 2.05) is 0 Å². The van der Waals surface area contributed by atoms with Gasteiger partial charge in [0.25, 0.3) is 0 Å². The number of hydrogen-bond acceptors (Lipinski definition) is 4. The first-order valence-corrected chi connectivity index (χ1v) is 4.46. The van der Waals surface area contributed by atoms with Crippen molar-refractivity contribution in [3.8, 4) is 11.4 Å². The number of nitrogens with zero attached hydrogens (tertiary/aromatic N) is 5. The summed E-state index contributed by atoms with van der Waals surface area (Å²) in [5, 5.41) is 4.55. The van der Waals surface area contributed by atoms with Crippen LogP contribution in [0.5, 0.6) is 0 Å². The zero-order valence-corrected chi connectivity index (χ0v) is 8.66. The van der Waals surface area contributed by atoms with Crippen LogP contribution in [0.2, 0.25) is 10.3 Å². The van der Waals surface area contributed by atoms with Gasteiger partial charge < -0.3 is 0 Å². The molecule has 2 heterocycles. The summed E-state index contributed by atoms with van der Waals surface area (Å²) in [7, 11) is 1.75. The second kappa shape index (κ2) is 3.51. The molecule has 0 aliphatic rings. The van der Waals surface area contributed by atoms with Gasteiger partial charge >= 0.3 is 0 Å². The Hall–Kier alpha value is -1.20. The van der Waals surface area contributed by atoms with E-state index >= 15 is 0 Å². The zero-order valence-electron chi connectivity index (χ0n) is 7.15. The van der Waals surface area contributed by atoms with Crippen LogP contribution in [-0.4, -0.2) is 24.7 Å². The molecule has 0 radical (unpaired) electrons. The highest BCUT2D eigenvalue weighted by molar-refractivity contribution is 6.37. The third-order valence-corrected chi connectivity index (χ3v) is 2.15. The van der Waals surface area contributed by atoms with Crippen LogP contribution in [0.3, 0.4) is 0 Å². The highest BCUT2D eigenvalue weighted by Gasteiger charge is 2.14. The topological polar surface area (TPSA) is 56.5 Å². The fraction of sp³-hybridized carbons (Fsp3) is 0.143. The fourth-order valence-corrected chi connectivity index (χ4v) is 1.47. The standard InChI is InChI=1S/C7H5Cl2N5/c1-14-3-12-7(13-14)4-5(8)10-2-11-6(4)9/h2-3H,1H3. The van der Waals surface area contributed by atoms with Gasteiger partial charge in [-0.05, 0) is 0 Å². The lowest BCUT2D eigenvalue weighted by atomic mass is 10.3. The Morgan fingerprint density at radius 1 is 1.14 bits per heavy atom. The van der Waals surface area contributed by atoms with Crippen LogP contribution in [-0.2, 0) is 7.05 Å². The van der Waals surface area contributed by atoms with Gasteiger partial charge in [-0.15, -0.1) is 0 Å². The van der Waals surface area contributed by atoms with Crippen LogP contribution in [0.25, 0.3) is 11.4 Å². The van der Waals surface area contributed by atoms with E-state index in [2.05, 4.69) is 20.1 Å². The molecule has 2 rings (SSSR count). The summed E-state index contributed by atoms with van der Waals surface area (Å²) in [4.78, 5) is 11.6. The predicted molar refractivity (Wildman–Crippen MR) is 52.0 cm³/mol. The van der Waals surface area contributed by atoms with Gasteiger partial charge in [-0.25, -0.2) is 15.0 Å². The normalized spacial score (nSPS) is 10.5. The van der Waals surface area contributed by atoms with Crippen LogP contribution in [0.1, 0.15) is 0 Å². The van der Waals surface area contributed by atoms with E-state index in [-0.39, 0.29) is 10.3 Å². The van der Waals surface area contributed by atoms with Crippen LogP contribution in [0, 0.1) is 0 Å². The van der Waals surface area contributed by atoms with Crippen molar-refractivity contribution >= 4 is 23.2 Å². The van der Waals surface area contributed by atoms with E-state index in [4.69, 9.17) is 23.2 Å². The van der Waals surface area contributed by atoms with Gasteiger partial charge in [0.2, 0.25) is 0 Å². The third kappa shape index (κ3) is 1.56. The van der Waals surface area contributed by atoms with Crippen molar-refractivity contribution in [2.24, 2.45) is 7.05 Å². The molecule has 0 saturated heterocycles. The molecule has 2 aromatic rings. The van der Waals surface area contributed by atoms with Gasteiger partial charge in [0.05, 0.1) is 5.56 Å². The monoisotopic (exact) mass is 229 g/mol. The third-order valence-electron chi connectivity index (χ3n) is 1.58. The molecule has 0 amide bonds. The SMILES string of the molecule is Cn1cnc(-c2c(Cl)ncnc2Cl)n1. The largest absolute Gasteiger partial charge is 0.255 e. The number of hydrogen-bond donors (Lipinski definition) is 0. The van der Waals surface area contributed by atoms with Crippen LogP contribution < -0.4 is 0 Å². The van der Waals surface area contributed by atoms with Gasteiger partial charge in [-0.2, -0.15) is 5.10 Å². The summed E-state index contributed by atoms with van der Waals surface area (Å²) in [6.07, 6.45) is 2.84. The first kappa shape index (κ1) is 9.36. The van der Waals surface area contributed by atoms with Gasteiger partial charge in [0, 0.05) is 7.05 Å². The average Bonchev–Trinajstić information content (AvgIpc) is 2.51. The summed E-state index contributed by atoms with van der Waals surface area (Å²) < 4.78 is 1.55. The summed E-state index contributed by atoms with van der Waals surface area (Å²) in [6.45, 7) is 0. The molecular weight excluding hydrogens is 225 g/mol. The molecule has 0 N–H and O–H groups in total. The zero-order chi connectivity index (χ0) is 10.1. The predicted octanol–water partition coefficient (Wildman–Crippen LogP) is 1.58. The van der Waals surface area contributed by atoms with E-state index in [1.165, 1.54) is 6.33 Å². The van der Waals surface area contributed by atoms with E-state index in [9.17, 15) is 0 Å². The Morgan fingerprint density at radius 3 is 2.29 bits per heavy atom. The summed E-state index contributed by atoms with van der Waals surface area (Å²) in [5.74, 6) is 0.420. The Morgan fingerprint density at radius 2 is 1.79 bits per heavy atom. The Balaban J connectivity index is 2.61. The first-order chi connectivity index (χ1) is 6.68. The lowest BCUT2D eigenvalue weighted by Gasteiger charge is -1.99. The second-order valence-electron chi connectivity index (χ2n) is 2.57. The van der Waals surface area contributed by atoms with Crippen molar-refractivity contribution in [2.45, 2.75) is 0 Å². The van der Waals surface area contributed by atoms with Crippen molar-refractivity contribution in [3.63, 3.8) is 0 Å². The quantitative estimate of drug-likeness (QED) is 0.698. The molecule has 14 heavy (non-hydrogen) atoms. The number of rotatable bonds is 1. The first-order valence-electron chi connectivity index (χ1n) is 3.70. The minimum absolute atomic E-state index is 0.246. The number of aryl methyl sites for hydroxylation is 1. The molecule has 2 aromatic heterocycles. The molecule has 0 saturated carbocycles. The summed E-state index contributed by atoms with van der Waals surface area (Å²) >= 11 is 11.7. The smallest absolute Gasteiger partial charge is 0.187 e. The van der Waals surface area contributed by atoms with Gasteiger partial charge in [0.1, 0.15) is 23.0 Å². The van der Waals surface area contributed by atoms with Crippen molar-refractivity contribution in [2.75, 3.05) is 0 Å². The maximum Gasteiger partial charge on any atom is 0.187 e. The van der Waals surface area contributed by atoms with Crippen LogP contribution in [0.15, 0.2) is 12.7 Å². The van der Waals surface area contributed by atoms with E-state index < -0.39 is 0 Å².